The normalized spacial score (nSPS) is 21.6. The second kappa shape index (κ2) is 5.56. The first kappa shape index (κ1) is 14.6. The average molecular weight is 323 g/mol. The number of amides is 1. The molecule has 1 unspecified atom stereocenters. The summed E-state index contributed by atoms with van der Waals surface area (Å²) in [5, 5.41) is 0. The van der Waals surface area contributed by atoms with Crippen LogP contribution in [0.25, 0.3) is 0 Å². The molecule has 0 saturated heterocycles. The van der Waals surface area contributed by atoms with Crippen LogP contribution in [-0.4, -0.2) is 35.4 Å². The van der Waals surface area contributed by atoms with E-state index < -0.39 is 5.82 Å². The number of ether oxygens (including phenoxy) is 1. The summed E-state index contributed by atoms with van der Waals surface area (Å²) >= 11 is 0. The Morgan fingerprint density at radius 3 is 3.00 bits per heavy atom. The number of benzene rings is 1. The van der Waals surface area contributed by atoms with E-state index in [0.717, 1.165) is 5.71 Å². The van der Waals surface area contributed by atoms with E-state index in [2.05, 4.69) is 9.98 Å². The molecule has 5 nitrogen and oxygen atoms in total. The van der Waals surface area contributed by atoms with E-state index >= 15 is 0 Å². The summed E-state index contributed by atoms with van der Waals surface area (Å²) in [7, 11) is 1.46. The van der Waals surface area contributed by atoms with E-state index in [9.17, 15) is 9.18 Å². The van der Waals surface area contributed by atoms with Gasteiger partial charge in [0.15, 0.2) is 5.82 Å². The summed E-state index contributed by atoms with van der Waals surface area (Å²) < 4.78 is 19.3. The molecule has 0 spiro atoms. The van der Waals surface area contributed by atoms with Crippen LogP contribution in [0.3, 0.4) is 0 Å². The van der Waals surface area contributed by atoms with Gasteiger partial charge in [0.2, 0.25) is 0 Å². The zero-order valence-corrected chi connectivity index (χ0v) is 12.9. The molecule has 6 heteroatoms. The number of rotatable bonds is 2. The van der Waals surface area contributed by atoms with Gasteiger partial charge < -0.3 is 4.74 Å². The van der Waals surface area contributed by atoms with Crippen LogP contribution in [0.15, 0.2) is 64.5 Å². The standard InChI is InChI=1S/C18H14FN3O2/c1-24-11-7-8-12(13(19)9-11)17-18(23)22-15-6-4-2-3-5-14(15)20-10-16(22)21-17/h2-4,6-10,15H,5H2,1H3. The van der Waals surface area contributed by atoms with Gasteiger partial charge in [-0.25, -0.2) is 9.38 Å². The topological polar surface area (TPSA) is 54.3 Å². The van der Waals surface area contributed by atoms with Crippen LogP contribution < -0.4 is 4.74 Å². The fraction of sp³-hybridized carbons (Fsp3) is 0.167. The molecule has 1 aliphatic carbocycles. The van der Waals surface area contributed by atoms with Crippen LogP contribution in [0, 0.1) is 5.82 Å². The van der Waals surface area contributed by atoms with Gasteiger partial charge in [-0.05, 0) is 12.1 Å². The van der Waals surface area contributed by atoms with Gasteiger partial charge in [0.25, 0.3) is 5.91 Å². The summed E-state index contributed by atoms with van der Waals surface area (Å²) in [5.41, 5.74) is 1.11. The summed E-state index contributed by atoms with van der Waals surface area (Å²) in [4.78, 5) is 23.1. The van der Waals surface area contributed by atoms with Crippen LogP contribution >= 0.6 is 0 Å². The number of allylic oxidation sites excluding steroid dienone is 3. The Hall–Kier alpha value is -3.02. The van der Waals surface area contributed by atoms with E-state index in [0.29, 0.717) is 18.0 Å². The first-order valence-corrected chi connectivity index (χ1v) is 7.55. The highest BCUT2D eigenvalue weighted by Crippen LogP contribution is 2.30. The molecule has 1 atom stereocenters. The molecule has 0 fully saturated rings. The Balaban J connectivity index is 1.74. The minimum Gasteiger partial charge on any atom is -0.497 e. The van der Waals surface area contributed by atoms with Crippen molar-refractivity contribution in [1.29, 1.82) is 0 Å². The Labute approximate surface area is 138 Å². The fourth-order valence-corrected chi connectivity index (χ4v) is 2.96. The minimum absolute atomic E-state index is 0.0865. The second-order valence-electron chi connectivity index (χ2n) is 5.55. The summed E-state index contributed by atoms with van der Waals surface area (Å²) in [6.45, 7) is 0. The quantitative estimate of drug-likeness (QED) is 0.840. The summed E-state index contributed by atoms with van der Waals surface area (Å²) in [6, 6.07) is 4.08. The summed E-state index contributed by atoms with van der Waals surface area (Å²) in [6.07, 6.45) is 9.92. The average Bonchev–Trinajstić information content (AvgIpc) is 2.77. The molecule has 24 heavy (non-hydrogen) atoms. The first-order chi connectivity index (χ1) is 11.7. The molecule has 1 amide bonds. The predicted molar refractivity (Wildman–Crippen MR) is 88.5 cm³/mol. The van der Waals surface area contributed by atoms with Crippen LogP contribution in [0.1, 0.15) is 12.0 Å². The van der Waals surface area contributed by atoms with Gasteiger partial charge in [0.05, 0.1) is 19.4 Å². The van der Waals surface area contributed by atoms with E-state index in [1.807, 2.05) is 24.3 Å². The molecule has 2 heterocycles. The van der Waals surface area contributed by atoms with E-state index in [1.54, 1.807) is 17.2 Å². The minimum atomic E-state index is -0.541. The Kier molecular flexibility index (Phi) is 3.37. The molecule has 3 aliphatic rings. The monoisotopic (exact) mass is 323 g/mol. The first-order valence-electron chi connectivity index (χ1n) is 7.55. The van der Waals surface area contributed by atoms with Crippen LogP contribution in [-0.2, 0) is 4.79 Å². The van der Waals surface area contributed by atoms with Crippen molar-refractivity contribution in [3.63, 3.8) is 0 Å². The van der Waals surface area contributed by atoms with Gasteiger partial charge in [-0.3, -0.25) is 14.7 Å². The highest BCUT2D eigenvalue weighted by molar-refractivity contribution is 6.47. The molecule has 1 aromatic carbocycles. The predicted octanol–water partition coefficient (Wildman–Crippen LogP) is 2.60. The lowest BCUT2D eigenvalue weighted by molar-refractivity contribution is -0.121. The second-order valence-corrected chi connectivity index (χ2v) is 5.55. The molecule has 120 valence electrons. The highest BCUT2D eigenvalue weighted by Gasteiger charge is 2.39. The molecule has 0 aromatic heterocycles. The number of carbonyl (C=O) groups is 1. The molecular formula is C18H14FN3O2. The number of nitrogens with zero attached hydrogens (tertiary/aromatic N) is 3. The largest absolute Gasteiger partial charge is 0.497 e. The lowest BCUT2D eigenvalue weighted by Crippen LogP contribution is -2.43. The van der Waals surface area contributed by atoms with Crippen LogP contribution in [0.5, 0.6) is 5.75 Å². The van der Waals surface area contributed by atoms with Gasteiger partial charge in [0, 0.05) is 23.8 Å². The number of fused-ring (bicyclic) bond motifs is 3. The third-order valence-corrected chi connectivity index (χ3v) is 4.16. The Morgan fingerprint density at radius 1 is 1.33 bits per heavy atom. The lowest BCUT2D eigenvalue weighted by Gasteiger charge is -2.28. The third kappa shape index (κ3) is 2.19. The summed E-state index contributed by atoms with van der Waals surface area (Å²) in [5.74, 6) is -0.0384. The zero-order valence-electron chi connectivity index (χ0n) is 12.9. The van der Waals surface area contributed by atoms with Gasteiger partial charge >= 0.3 is 0 Å². The Bertz CT molecular complexity index is 880. The van der Waals surface area contributed by atoms with Crippen molar-refractivity contribution in [1.82, 2.24) is 4.90 Å². The molecule has 1 aromatic rings. The van der Waals surface area contributed by atoms with E-state index in [-0.39, 0.29) is 23.2 Å². The lowest BCUT2D eigenvalue weighted by atomic mass is 10.0. The molecule has 0 N–H and O–H groups in total. The number of methoxy groups -OCH3 is 1. The van der Waals surface area contributed by atoms with Crippen molar-refractivity contribution in [3.05, 3.63) is 65.9 Å². The maximum atomic E-state index is 14.3. The maximum Gasteiger partial charge on any atom is 0.279 e. The van der Waals surface area contributed by atoms with Crippen molar-refractivity contribution in [2.24, 2.45) is 9.98 Å². The maximum absolute atomic E-state index is 14.3. The van der Waals surface area contributed by atoms with E-state index in [4.69, 9.17) is 4.74 Å². The number of hydrogen-bond acceptors (Lipinski definition) is 4. The molecule has 4 rings (SSSR count). The van der Waals surface area contributed by atoms with Gasteiger partial charge in [-0.15, -0.1) is 0 Å². The smallest absolute Gasteiger partial charge is 0.279 e. The highest BCUT2D eigenvalue weighted by atomic mass is 19.1. The SMILES string of the molecule is COc1ccc(C2=NC3=CN=C4CC=CC=CC4N3C2=O)c(F)c1. The van der Waals surface area contributed by atoms with Crippen molar-refractivity contribution >= 4 is 17.3 Å². The van der Waals surface area contributed by atoms with Crippen molar-refractivity contribution in [2.45, 2.75) is 12.5 Å². The van der Waals surface area contributed by atoms with Crippen molar-refractivity contribution in [2.75, 3.05) is 7.11 Å². The molecule has 2 aliphatic heterocycles. The van der Waals surface area contributed by atoms with Gasteiger partial charge in [-0.1, -0.05) is 24.3 Å². The third-order valence-electron chi connectivity index (χ3n) is 4.16. The number of carbonyl (C=O) groups excluding carboxylic acids is 1. The number of hydrogen-bond donors (Lipinski definition) is 0. The molecular weight excluding hydrogens is 309 g/mol. The molecule has 0 bridgehead atoms. The van der Waals surface area contributed by atoms with Crippen molar-refractivity contribution < 1.29 is 13.9 Å². The van der Waals surface area contributed by atoms with Gasteiger partial charge in [0.1, 0.15) is 17.3 Å². The zero-order chi connectivity index (χ0) is 16.7. The van der Waals surface area contributed by atoms with Gasteiger partial charge in [-0.2, -0.15) is 0 Å². The number of aliphatic imine (C=N–C) groups is 2. The molecule has 0 radical (unpaired) electrons. The molecule has 0 saturated carbocycles. The van der Waals surface area contributed by atoms with Crippen LogP contribution in [0.2, 0.25) is 0 Å². The van der Waals surface area contributed by atoms with E-state index in [1.165, 1.54) is 19.2 Å². The fourth-order valence-electron chi connectivity index (χ4n) is 2.96. The number of halogens is 1. The Morgan fingerprint density at radius 2 is 2.21 bits per heavy atom. The van der Waals surface area contributed by atoms with Crippen molar-refractivity contribution in [3.8, 4) is 5.75 Å². The van der Waals surface area contributed by atoms with Crippen LogP contribution in [0.4, 0.5) is 4.39 Å².